The van der Waals surface area contributed by atoms with Gasteiger partial charge in [-0.3, -0.25) is 0 Å². The highest BCUT2D eigenvalue weighted by atomic mass is 16.5. The molecule has 0 aliphatic rings. The lowest BCUT2D eigenvalue weighted by Crippen LogP contribution is -2.08. The molecule has 0 spiro atoms. The van der Waals surface area contributed by atoms with Gasteiger partial charge in [0.05, 0.1) is 12.2 Å². The van der Waals surface area contributed by atoms with Crippen LogP contribution in [0, 0.1) is 0 Å². The summed E-state index contributed by atoms with van der Waals surface area (Å²) >= 11 is 0. The second-order valence-electron chi connectivity index (χ2n) is 7.39. The fourth-order valence-electron chi connectivity index (χ4n) is 3.67. The standard InChI is InChI=1S/C26H34O3/c1-3-5-6-7-8-9-10-11-15-20-29-24-19-18-23(21-16-13-12-14-17-21)25(26(27)28)22(24)4-2/h3,12-14,16-19H,1,4-11,15,20H2,2H3,(H,27,28). The van der Waals surface area contributed by atoms with Crippen LogP contribution in [0.1, 0.15) is 74.2 Å². The fraction of sp³-hybridized carbons (Fsp3) is 0.423. The molecule has 0 aliphatic carbocycles. The number of aromatic carboxylic acids is 1. The van der Waals surface area contributed by atoms with Gasteiger partial charge < -0.3 is 9.84 Å². The third-order valence-corrected chi connectivity index (χ3v) is 5.23. The van der Waals surface area contributed by atoms with Gasteiger partial charge >= 0.3 is 5.97 Å². The minimum atomic E-state index is -0.900. The van der Waals surface area contributed by atoms with E-state index in [2.05, 4.69) is 6.58 Å². The molecule has 3 heteroatoms. The Morgan fingerprint density at radius 1 is 0.966 bits per heavy atom. The largest absolute Gasteiger partial charge is 0.493 e. The Bertz CT molecular complexity index is 765. The van der Waals surface area contributed by atoms with Crippen molar-refractivity contribution in [3.8, 4) is 16.9 Å². The lowest BCUT2D eigenvalue weighted by molar-refractivity contribution is 0.0696. The number of carboxylic acids is 1. The number of benzene rings is 2. The maximum atomic E-state index is 12.0. The Morgan fingerprint density at radius 3 is 2.24 bits per heavy atom. The predicted octanol–water partition coefficient (Wildman–Crippen LogP) is 7.30. The van der Waals surface area contributed by atoms with E-state index in [-0.39, 0.29) is 0 Å². The van der Waals surface area contributed by atoms with Crippen molar-refractivity contribution in [1.82, 2.24) is 0 Å². The van der Waals surface area contributed by atoms with Crippen LogP contribution >= 0.6 is 0 Å². The topological polar surface area (TPSA) is 46.5 Å². The number of allylic oxidation sites excluding steroid dienone is 1. The SMILES string of the molecule is C=CCCCCCCCCCOc1ccc(-c2ccccc2)c(C(=O)O)c1CC. The average Bonchev–Trinajstić information content (AvgIpc) is 2.75. The number of unbranched alkanes of at least 4 members (excludes halogenated alkanes) is 7. The normalized spacial score (nSPS) is 10.7. The van der Waals surface area contributed by atoms with Crippen molar-refractivity contribution in [3.05, 3.63) is 66.2 Å². The minimum Gasteiger partial charge on any atom is -0.493 e. The van der Waals surface area contributed by atoms with Crippen molar-refractivity contribution in [2.75, 3.05) is 6.61 Å². The van der Waals surface area contributed by atoms with Gasteiger partial charge in [-0.1, -0.05) is 75.4 Å². The summed E-state index contributed by atoms with van der Waals surface area (Å²) in [5.41, 5.74) is 2.80. The third-order valence-electron chi connectivity index (χ3n) is 5.23. The molecule has 0 amide bonds. The van der Waals surface area contributed by atoms with E-state index in [1.54, 1.807) is 0 Å². The van der Waals surface area contributed by atoms with Crippen LogP contribution in [0.4, 0.5) is 0 Å². The highest BCUT2D eigenvalue weighted by molar-refractivity contribution is 5.98. The molecule has 2 rings (SSSR count). The van der Waals surface area contributed by atoms with Crippen molar-refractivity contribution in [2.24, 2.45) is 0 Å². The molecule has 0 aromatic heterocycles. The molecular formula is C26H34O3. The first-order chi connectivity index (χ1) is 14.2. The Balaban J connectivity index is 1.92. The quantitative estimate of drug-likeness (QED) is 0.270. The predicted molar refractivity (Wildman–Crippen MR) is 121 cm³/mol. The summed E-state index contributed by atoms with van der Waals surface area (Å²) in [6, 6.07) is 13.5. The maximum absolute atomic E-state index is 12.0. The second-order valence-corrected chi connectivity index (χ2v) is 7.39. The van der Waals surface area contributed by atoms with Gasteiger partial charge in [-0.2, -0.15) is 0 Å². The molecule has 0 saturated heterocycles. The van der Waals surface area contributed by atoms with Crippen LogP contribution in [0.3, 0.4) is 0 Å². The highest BCUT2D eigenvalue weighted by Gasteiger charge is 2.19. The fourth-order valence-corrected chi connectivity index (χ4v) is 3.67. The monoisotopic (exact) mass is 394 g/mol. The van der Waals surface area contributed by atoms with Crippen LogP contribution < -0.4 is 4.74 Å². The summed E-state index contributed by atoms with van der Waals surface area (Å²) in [6.45, 7) is 6.37. The molecule has 3 nitrogen and oxygen atoms in total. The molecule has 0 fully saturated rings. The van der Waals surface area contributed by atoms with E-state index in [1.807, 2.05) is 55.5 Å². The van der Waals surface area contributed by atoms with Gasteiger partial charge in [0, 0.05) is 5.56 Å². The Labute approximate surface area is 175 Å². The maximum Gasteiger partial charge on any atom is 0.336 e. The number of carbonyl (C=O) groups is 1. The van der Waals surface area contributed by atoms with Gasteiger partial charge in [0.25, 0.3) is 0 Å². The van der Waals surface area contributed by atoms with E-state index in [1.165, 1.54) is 32.1 Å². The van der Waals surface area contributed by atoms with Gasteiger partial charge in [0.15, 0.2) is 0 Å². The molecule has 2 aromatic rings. The molecule has 0 saturated carbocycles. The van der Waals surface area contributed by atoms with E-state index in [0.717, 1.165) is 36.0 Å². The van der Waals surface area contributed by atoms with E-state index < -0.39 is 5.97 Å². The van der Waals surface area contributed by atoms with Crippen LogP contribution in [0.15, 0.2) is 55.1 Å². The van der Waals surface area contributed by atoms with Crippen molar-refractivity contribution < 1.29 is 14.6 Å². The van der Waals surface area contributed by atoms with Crippen LogP contribution in [-0.4, -0.2) is 17.7 Å². The third kappa shape index (κ3) is 7.08. The highest BCUT2D eigenvalue weighted by Crippen LogP contribution is 2.33. The molecule has 0 radical (unpaired) electrons. The zero-order valence-electron chi connectivity index (χ0n) is 17.7. The van der Waals surface area contributed by atoms with Crippen molar-refractivity contribution in [3.63, 3.8) is 0 Å². The number of ether oxygens (including phenoxy) is 1. The van der Waals surface area contributed by atoms with Crippen LogP contribution in [-0.2, 0) is 6.42 Å². The summed E-state index contributed by atoms with van der Waals surface area (Å²) in [5.74, 6) is -0.198. The number of carboxylic acid groups (broad SMARTS) is 1. The molecule has 0 heterocycles. The zero-order chi connectivity index (χ0) is 20.9. The number of rotatable bonds is 14. The summed E-state index contributed by atoms with van der Waals surface area (Å²) < 4.78 is 5.99. The van der Waals surface area contributed by atoms with Gasteiger partial charge in [-0.15, -0.1) is 6.58 Å². The molecule has 0 bridgehead atoms. The molecule has 0 atom stereocenters. The molecule has 2 aromatic carbocycles. The average molecular weight is 395 g/mol. The summed E-state index contributed by atoms with van der Waals surface area (Å²) in [5, 5.41) is 9.85. The van der Waals surface area contributed by atoms with Crippen LogP contribution in [0.5, 0.6) is 5.75 Å². The first kappa shape index (κ1) is 22.7. The summed E-state index contributed by atoms with van der Waals surface area (Å²) in [4.78, 5) is 12.0. The minimum absolute atomic E-state index is 0.357. The van der Waals surface area contributed by atoms with Crippen LogP contribution in [0.25, 0.3) is 11.1 Å². The molecule has 0 unspecified atom stereocenters. The van der Waals surface area contributed by atoms with Gasteiger partial charge in [-0.05, 0) is 48.9 Å². The van der Waals surface area contributed by atoms with Gasteiger partial charge in [-0.25, -0.2) is 4.79 Å². The van der Waals surface area contributed by atoms with Crippen molar-refractivity contribution in [1.29, 1.82) is 0 Å². The first-order valence-corrected chi connectivity index (χ1v) is 10.9. The summed E-state index contributed by atoms with van der Waals surface area (Å²) in [6.07, 6.45) is 12.2. The summed E-state index contributed by atoms with van der Waals surface area (Å²) in [7, 11) is 0. The molecule has 156 valence electrons. The Hall–Kier alpha value is -2.55. The number of hydrogen-bond acceptors (Lipinski definition) is 2. The lowest BCUT2D eigenvalue weighted by Gasteiger charge is -2.16. The van der Waals surface area contributed by atoms with Crippen molar-refractivity contribution >= 4 is 5.97 Å². The van der Waals surface area contributed by atoms with E-state index in [4.69, 9.17) is 4.74 Å². The van der Waals surface area contributed by atoms with E-state index in [0.29, 0.717) is 24.3 Å². The smallest absolute Gasteiger partial charge is 0.336 e. The molecule has 1 N–H and O–H groups in total. The van der Waals surface area contributed by atoms with Gasteiger partial charge in [0.2, 0.25) is 0 Å². The molecule has 29 heavy (non-hydrogen) atoms. The Kier molecular flexibility index (Phi) is 10.1. The Morgan fingerprint density at radius 2 is 1.62 bits per heavy atom. The van der Waals surface area contributed by atoms with Crippen molar-refractivity contribution in [2.45, 2.75) is 64.7 Å². The second kappa shape index (κ2) is 12.8. The van der Waals surface area contributed by atoms with Gasteiger partial charge in [0.1, 0.15) is 5.75 Å². The lowest BCUT2D eigenvalue weighted by atomic mass is 9.93. The molecule has 0 aliphatic heterocycles. The zero-order valence-corrected chi connectivity index (χ0v) is 17.7. The van der Waals surface area contributed by atoms with Crippen LogP contribution in [0.2, 0.25) is 0 Å². The van der Waals surface area contributed by atoms with E-state index >= 15 is 0 Å². The molecular weight excluding hydrogens is 360 g/mol. The first-order valence-electron chi connectivity index (χ1n) is 10.9. The number of hydrogen-bond donors (Lipinski definition) is 1. The van der Waals surface area contributed by atoms with E-state index in [9.17, 15) is 9.90 Å².